The maximum absolute atomic E-state index is 11.9. The van der Waals surface area contributed by atoms with Crippen LogP contribution >= 0.6 is 0 Å². The van der Waals surface area contributed by atoms with E-state index in [-0.39, 0.29) is 6.42 Å². The van der Waals surface area contributed by atoms with Gasteiger partial charge in [0.15, 0.2) is 6.10 Å². The zero-order valence-electron chi connectivity index (χ0n) is 11.2. The summed E-state index contributed by atoms with van der Waals surface area (Å²) in [6.07, 6.45) is -1.19. The molecule has 1 saturated heterocycles. The van der Waals surface area contributed by atoms with Crippen molar-refractivity contribution in [1.29, 1.82) is 0 Å². The van der Waals surface area contributed by atoms with E-state index in [1.807, 2.05) is 30.3 Å². The fourth-order valence-corrected chi connectivity index (χ4v) is 1.97. The average Bonchev–Trinajstić information content (AvgIpc) is 2.48. The van der Waals surface area contributed by atoms with Crippen LogP contribution in [0.3, 0.4) is 0 Å². The number of carbonyl (C=O) groups excluding carboxylic acids is 2. The second-order valence-corrected chi connectivity index (χ2v) is 4.56. The first-order chi connectivity index (χ1) is 9.66. The van der Waals surface area contributed by atoms with Gasteiger partial charge in [0.25, 0.3) is 5.91 Å². The molecule has 2 N–H and O–H groups in total. The zero-order valence-corrected chi connectivity index (χ0v) is 11.2. The number of ether oxygens (including phenoxy) is 2. The lowest BCUT2D eigenvalue weighted by Crippen LogP contribution is -2.45. The number of benzene rings is 1. The summed E-state index contributed by atoms with van der Waals surface area (Å²) in [7, 11) is 0. The van der Waals surface area contributed by atoms with E-state index in [1.165, 1.54) is 4.90 Å². The van der Waals surface area contributed by atoms with Crippen molar-refractivity contribution in [3.8, 4) is 0 Å². The number of amides is 2. The molecule has 1 fully saturated rings. The quantitative estimate of drug-likeness (QED) is 0.872. The van der Waals surface area contributed by atoms with E-state index in [0.717, 1.165) is 5.56 Å². The molecule has 0 saturated carbocycles. The third kappa shape index (κ3) is 3.96. The Morgan fingerprint density at radius 3 is 2.50 bits per heavy atom. The summed E-state index contributed by atoms with van der Waals surface area (Å²) < 4.78 is 10.4. The minimum absolute atomic E-state index is 0.284. The van der Waals surface area contributed by atoms with Crippen LogP contribution in [0.1, 0.15) is 5.56 Å². The van der Waals surface area contributed by atoms with Crippen LogP contribution in [0.4, 0.5) is 4.79 Å². The average molecular weight is 278 g/mol. The van der Waals surface area contributed by atoms with Crippen molar-refractivity contribution >= 4 is 12.0 Å². The molecule has 1 aromatic carbocycles. The van der Waals surface area contributed by atoms with E-state index >= 15 is 0 Å². The van der Waals surface area contributed by atoms with Crippen LogP contribution in [0.25, 0.3) is 0 Å². The third-order valence-electron chi connectivity index (χ3n) is 3.09. The molecule has 1 aliphatic rings. The van der Waals surface area contributed by atoms with E-state index in [2.05, 4.69) is 0 Å². The van der Waals surface area contributed by atoms with Gasteiger partial charge in [0.2, 0.25) is 0 Å². The van der Waals surface area contributed by atoms with Crippen molar-refractivity contribution in [3.63, 3.8) is 0 Å². The molecule has 0 aromatic heterocycles. The minimum Gasteiger partial charge on any atom is -0.436 e. The topological polar surface area (TPSA) is 81.9 Å². The van der Waals surface area contributed by atoms with Gasteiger partial charge >= 0.3 is 6.09 Å². The summed E-state index contributed by atoms with van der Waals surface area (Å²) in [5.41, 5.74) is 6.20. The summed E-state index contributed by atoms with van der Waals surface area (Å²) in [6.45, 7) is 1.90. The lowest BCUT2D eigenvalue weighted by Gasteiger charge is -2.27. The summed E-state index contributed by atoms with van der Waals surface area (Å²) in [5.74, 6) is -0.643. The molecule has 2 rings (SSSR count). The van der Waals surface area contributed by atoms with E-state index in [9.17, 15) is 9.59 Å². The SMILES string of the molecule is NC(=O)C(Cc1ccccc1)OC(=O)N1CCOCC1. The van der Waals surface area contributed by atoms with Crippen LogP contribution in [-0.2, 0) is 20.7 Å². The molecule has 0 bridgehead atoms. The van der Waals surface area contributed by atoms with Crippen molar-refractivity contribution in [2.45, 2.75) is 12.5 Å². The molecule has 1 atom stereocenters. The van der Waals surface area contributed by atoms with E-state index in [1.54, 1.807) is 0 Å². The van der Waals surface area contributed by atoms with Gasteiger partial charge in [0.1, 0.15) is 0 Å². The van der Waals surface area contributed by atoms with Crippen molar-refractivity contribution in [2.75, 3.05) is 26.3 Å². The van der Waals surface area contributed by atoms with Crippen LogP contribution in [0, 0.1) is 0 Å². The van der Waals surface area contributed by atoms with Gasteiger partial charge < -0.3 is 20.1 Å². The maximum Gasteiger partial charge on any atom is 0.410 e. The van der Waals surface area contributed by atoms with Crippen LogP contribution in [0.5, 0.6) is 0 Å². The molecule has 0 radical (unpaired) electrons. The number of hydrogen-bond donors (Lipinski definition) is 1. The first-order valence-electron chi connectivity index (χ1n) is 6.53. The molecule has 20 heavy (non-hydrogen) atoms. The van der Waals surface area contributed by atoms with E-state index in [0.29, 0.717) is 26.3 Å². The van der Waals surface area contributed by atoms with Gasteiger partial charge in [-0.2, -0.15) is 0 Å². The lowest BCUT2D eigenvalue weighted by molar-refractivity contribution is -0.127. The van der Waals surface area contributed by atoms with Gasteiger partial charge in [-0.25, -0.2) is 4.79 Å². The van der Waals surface area contributed by atoms with Gasteiger partial charge in [-0.3, -0.25) is 4.79 Å². The standard InChI is InChI=1S/C14H18N2O4/c15-13(17)12(10-11-4-2-1-3-5-11)20-14(18)16-6-8-19-9-7-16/h1-5,12H,6-10H2,(H2,15,17). The molecule has 2 amide bonds. The van der Waals surface area contributed by atoms with Crippen molar-refractivity contribution in [2.24, 2.45) is 5.73 Å². The molecule has 1 unspecified atom stereocenters. The maximum atomic E-state index is 11.9. The highest BCUT2D eigenvalue weighted by atomic mass is 16.6. The third-order valence-corrected chi connectivity index (χ3v) is 3.09. The summed E-state index contributed by atoms with van der Waals surface area (Å²) >= 11 is 0. The summed E-state index contributed by atoms with van der Waals surface area (Å²) in [6, 6.07) is 9.31. The Kier molecular flexibility index (Phi) is 4.95. The minimum atomic E-state index is -0.951. The highest BCUT2D eigenvalue weighted by molar-refractivity contribution is 5.82. The number of rotatable bonds is 4. The van der Waals surface area contributed by atoms with Crippen molar-refractivity contribution < 1.29 is 19.1 Å². The molecular formula is C14H18N2O4. The number of primary amides is 1. The monoisotopic (exact) mass is 278 g/mol. The van der Waals surface area contributed by atoms with Crippen LogP contribution in [0.2, 0.25) is 0 Å². The first-order valence-corrected chi connectivity index (χ1v) is 6.53. The second kappa shape index (κ2) is 6.91. The Labute approximate surface area is 117 Å². The Morgan fingerprint density at radius 1 is 1.25 bits per heavy atom. The lowest BCUT2D eigenvalue weighted by atomic mass is 10.1. The Hall–Kier alpha value is -2.08. The number of morpholine rings is 1. The predicted molar refractivity (Wildman–Crippen MR) is 72.0 cm³/mol. The number of carbonyl (C=O) groups is 2. The van der Waals surface area contributed by atoms with Crippen LogP contribution < -0.4 is 5.73 Å². The smallest absolute Gasteiger partial charge is 0.410 e. The highest BCUT2D eigenvalue weighted by Crippen LogP contribution is 2.09. The second-order valence-electron chi connectivity index (χ2n) is 4.56. The molecule has 0 spiro atoms. The fraction of sp³-hybridized carbons (Fsp3) is 0.429. The fourth-order valence-electron chi connectivity index (χ4n) is 1.97. The Balaban J connectivity index is 1.95. The van der Waals surface area contributed by atoms with Gasteiger partial charge in [0, 0.05) is 19.5 Å². The van der Waals surface area contributed by atoms with Gasteiger partial charge in [-0.1, -0.05) is 30.3 Å². The van der Waals surface area contributed by atoms with Gasteiger partial charge in [-0.05, 0) is 5.56 Å². The zero-order chi connectivity index (χ0) is 14.4. The molecule has 6 nitrogen and oxygen atoms in total. The highest BCUT2D eigenvalue weighted by Gasteiger charge is 2.25. The van der Waals surface area contributed by atoms with E-state index in [4.69, 9.17) is 15.2 Å². The number of nitrogens with zero attached hydrogens (tertiary/aromatic N) is 1. The first kappa shape index (κ1) is 14.3. The van der Waals surface area contributed by atoms with Gasteiger partial charge in [0.05, 0.1) is 13.2 Å². The molecule has 1 aliphatic heterocycles. The van der Waals surface area contributed by atoms with Crippen LogP contribution in [-0.4, -0.2) is 49.3 Å². The summed E-state index contributed by atoms with van der Waals surface area (Å²) in [5, 5.41) is 0. The molecule has 0 aliphatic carbocycles. The van der Waals surface area contributed by atoms with E-state index < -0.39 is 18.1 Å². The molecule has 1 heterocycles. The Bertz CT molecular complexity index is 458. The van der Waals surface area contributed by atoms with Crippen molar-refractivity contribution in [3.05, 3.63) is 35.9 Å². The van der Waals surface area contributed by atoms with Gasteiger partial charge in [-0.15, -0.1) is 0 Å². The molecular weight excluding hydrogens is 260 g/mol. The normalized spacial score (nSPS) is 16.5. The molecule has 108 valence electrons. The number of nitrogens with two attached hydrogens (primary N) is 1. The molecule has 6 heteroatoms. The largest absolute Gasteiger partial charge is 0.436 e. The number of hydrogen-bond acceptors (Lipinski definition) is 4. The predicted octanol–water partition coefficient (Wildman–Crippen LogP) is 0.552. The Morgan fingerprint density at radius 2 is 1.90 bits per heavy atom. The molecule has 1 aromatic rings. The summed E-state index contributed by atoms with van der Waals surface area (Å²) in [4.78, 5) is 24.9. The van der Waals surface area contributed by atoms with Crippen molar-refractivity contribution in [1.82, 2.24) is 4.90 Å². The van der Waals surface area contributed by atoms with Crippen LogP contribution in [0.15, 0.2) is 30.3 Å².